The van der Waals surface area contributed by atoms with Crippen molar-refractivity contribution in [1.29, 1.82) is 0 Å². The predicted octanol–water partition coefficient (Wildman–Crippen LogP) is 3.59. The molecule has 0 aliphatic carbocycles. The second kappa shape index (κ2) is 5.36. The quantitative estimate of drug-likeness (QED) is 0.894. The maximum Gasteiger partial charge on any atom is 0.149 e. The fraction of sp³-hybridized carbons (Fsp3) is 0.0833. The maximum atomic E-state index is 6.01. The van der Waals surface area contributed by atoms with Crippen LogP contribution in [0.1, 0.15) is 5.56 Å². The molecule has 0 spiro atoms. The van der Waals surface area contributed by atoms with Gasteiger partial charge in [-0.05, 0) is 23.8 Å². The summed E-state index contributed by atoms with van der Waals surface area (Å²) in [6.45, 7) is 0.528. The third-order valence-corrected chi connectivity index (χ3v) is 2.76. The SMILES string of the molecule is NCc1ccc(Nc2ncc(Cl)cc2Cl)cc1. The van der Waals surface area contributed by atoms with Crippen molar-refractivity contribution < 1.29 is 0 Å². The number of nitrogens with two attached hydrogens (primary N) is 1. The number of pyridine rings is 1. The molecule has 1 aromatic carbocycles. The molecule has 1 aromatic heterocycles. The molecule has 3 nitrogen and oxygen atoms in total. The summed E-state index contributed by atoms with van der Waals surface area (Å²) in [5.41, 5.74) is 7.50. The van der Waals surface area contributed by atoms with Crippen molar-refractivity contribution in [2.24, 2.45) is 5.73 Å². The summed E-state index contributed by atoms with van der Waals surface area (Å²) < 4.78 is 0. The number of aromatic nitrogens is 1. The van der Waals surface area contributed by atoms with Crippen molar-refractivity contribution in [2.75, 3.05) is 5.32 Å². The van der Waals surface area contributed by atoms with Crippen LogP contribution in [0.4, 0.5) is 11.5 Å². The molecule has 5 heteroatoms. The van der Waals surface area contributed by atoms with E-state index in [1.54, 1.807) is 12.3 Å². The topological polar surface area (TPSA) is 50.9 Å². The van der Waals surface area contributed by atoms with E-state index in [0.29, 0.717) is 22.4 Å². The first-order valence-corrected chi connectivity index (χ1v) is 5.81. The van der Waals surface area contributed by atoms with Gasteiger partial charge in [0.1, 0.15) is 5.82 Å². The summed E-state index contributed by atoms with van der Waals surface area (Å²) in [6.07, 6.45) is 1.55. The average molecular weight is 268 g/mol. The first kappa shape index (κ1) is 12.2. The molecule has 88 valence electrons. The van der Waals surface area contributed by atoms with Crippen LogP contribution in [-0.4, -0.2) is 4.98 Å². The standard InChI is InChI=1S/C12H11Cl2N3/c13-9-5-11(14)12(16-7-9)17-10-3-1-8(6-15)2-4-10/h1-5,7H,6,15H2,(H,16,17). The molecule has 0 radical (unpaired) electrons. The minimum absolute atomic E-state index is 0.486. The normalized spacial score (nSPS) is 10.3. The van der Waals surface area contributed by atoms with Gasteiger partial charge in [0.25, 0.3) is 0 Å². The van der Waals surface area contributed by atoms with Gasteiger partial charge in [0, 0.05) is 18.4 Å². The lowest BCUT2D eigenvalue weighted by atomic mass is 10.2. The van der Waals surface area contributed by atoms with Gasteiger partial charge in [-0.3, -0.25) is 0 Å². The predicted molar refractivity (Wildman–Crippen MR) is 71.9 cm³/mol. The van der Waals surface area contributed by atoms with E-state index in [2.05, 4.69) is 10.3 Å². The highest BCUT2D eigenvalue weighted by Crippen LogP contribution is 2.25. The molecule has 2 rings (SSSR count). The molecule has 0 atom stereocenters. The molecule has 0 fully saturated rings. The van der Waals surface area contributed by atoms with Crippen molar-refractivity contribution in [3.8, 4) is 0 Å². The fourth-order valence-electron chi connectivity index (χ4n) is 1.37. The molecule has 0 unspecified atom stereocenters. The van der Waals surface area contributed by atoms with Crippen LogP contribution in [-0.2, 0) is 6.54 Å². The first-order chi connectivity index (χ1) is 8.19. The van der Waals surface area contributed by atoms with E-state index in [-0.39, 0.29) is 0 Å². The Kier molecular flexibility index (Phi) is 3.84. The van der Waals surface area contributed by atoms with Gasteiger partial charge in [-0.2, -0.15) is 0 Å². The summed E-state index contributed by atoms with van der Waals surface area (Å²) >= 11 is 11.8. The Morgan fingerprint density at radius 2 is 1.88 bits per heavy atom. The van der Waals surface area contributed by atoms with E-state index >= 15 is 0 Å². The van der Waals surface area contributed by atoms with Gasteiger partial charge in [-0.25, -0.2) is 4.98 Å². The lowest BCUT2D eigenvalue weighted by Gasteiger charge is -2.08. The fourth-order valence-corrected chi connectivity index (χ4v) is 1.79. The third kappa shape index (κ3) is 3.09. The number of benzene rings is 1. The van der Waals surface area contributed by atoms with Crippen LogP contribution in [0.2, 0.25) is 10.0 Å². The Hall–Kier alpha value is -1.29. The van der Waals surface area contributed by atoms with Crippen LogP contribution in [0.3, 0.4) is 0 Å². The lowest BCUT2D eigenvalue weighted by molar-refractivity contribution is 1.07. The highest BCUT2D eigenvalue weighted by atomic mass is 35.5. The average Bonchev–Trinajstić information content (AvgIpc) is 2.34. The van der Waals surface area contributed by atoms with Crippen LogP contribution < -0.4 is 11.1 Å². The zero-order chi connectivity index (χ0) is 12.3. The van der Waals surface area contributed by atoms with E-state index in [1.807, 2.05) is 24.3 Å². The van der Waals surface area contributed by atoms with E-state index < -0.39 is 0 Å². The molecule has 3 N–H and O–H groups in total. The molecule has 0 aliphatic heterocycles. The number of hydrogen-bond donors (Lipinski definition) is 2. The monoisotopic (exact) mass is 267 g/mol. The molecule has 0 saturated carbocycles. The summed E-state index contributed by atoms with van der Waals surface area (Å²) in [5.74, 6) is 0.580. The minimum atomic E-state index is 0.486. The summed E-state index contributed by atoms with van der Waals surface area (Å²) in [5, 5.41) is 4.11. The number of nitrogens with zero attached hydrogens (tertiary/aromatic N) is 1. The first-order valence-electron chi connectivity index (χ1n) is 5.06. The molecule has 17 heavy (non-hydrogen) atoms. The van der Waals surface area contributed by atoms with E-state index in [0.717, 1.165) is 11.3 Å². The van der Waals surface area contributed by atoms with Crippen molar-refractivity contribution >= 4 is 34.7 Å². The van der Waals surface area contributed by atoms with E-state index in [9.17, 15) is 0 Å². The van der Waals surface area contributed by atoms with Crippen LogP contribution in [0.5, 0.6) is 0 Å². The van der Waals surface area contributed by atoms with Crippen molar-refractivity contribution in [3.63, 3.8) is 0 Å². The molecule has 0 amide bonds. The zero-order valence-corrected chi connectivity index (χ0v) is 10.5. The van der Waals surface area contributed by atoms with E-state index in [1.165, 1.54) is 0 Å². The van der Waals surface area contributed by atoms with Crippen molar-refractivity contribution in [3.05, 3.63) is 52.1 Å². The molecule has 2 aromatic rings. The molecule has 1 heterocycles. The Morgan fingerprint density at radius 1 is 1.18 bits per heavy atom. The van der Waals surface area contributed by atoms with Crippen LogP contribution in [0.15, 0.2) is 36.5 Å². The van der Waals surface area contributed by atoms with Gasteiger partial charge in [-0.1, -0.05) is 35.3 Å². The third-order valence-electron chi connectivity index (χ3n) is 2.26. The number of rotatable bonds is 3. The Balaban J connectivity index is 2.19. The van der Waals surface area contributed by atoms with Gasteiger partial charge in [0.05, 0.1) is 10.0 Å². The number of nitrogens with one attached hydrogen (secondary N) is 1. The summed E-state index contributed by atoms with van der Waals surface area (Å²) in [6, 6.07) is 9.40. The van der Waals surface area contributed by atoms with Crippen molar-refractivity contribution in [1.82, 2.24) is 4.98 Å². The van der Waals surface area contributed by atoms with Gasteiger partial charge in [-0.15, -0.1) is 0 Å². The van der Waals surface area contributed by atoms with Gasteiger partial charge in [0.15, 0.2) is 0 Å². The lowest BCUT2D eigenvalue weighted by Crippen LogP contribution is -1.97. The molecule has 0 aliphatic rings. The number of halogens is 2. The molecule has 0 bridgehead atoms. The Morgan fingerprint density at radius 3 is 2.47 bits per heavy atom. The number of anilines is 2. The number of hydrogen-bond acceptors (Lipinski definition) is 3. The highest BCUT2D eigenvalue weighted by Gasteiger charge is 2.03. The van der Waals surface area contributed by atoms with E-state index in [4.69, 9.17) is 28.9 Å². The second-order valence-corrected chi connectivity index (χ2v) is 4.35. The van der Waals surface area contributed by atoms with Crippen molar-refractivity contribution in [2.45, 2.75) is 6.54 Å². The second-order valence-electron chi connectivity index (χ2n) is 3.51. The van der Waals surface area contributed by atoms with Crippen LogP contribution in [0, 0.1) is 0 Å². The highest BCUT2D eigenvalue weighted by molar-refractivity contribution is 6.36. The Bertz CT molecular complexity index is 512. The molecular weight excluding hydrogens is 257 g/mol. The van der Waals surface area contributed by atoms with Crippen LogP contribution >= 0.6 is 23.2 Å². The summed E-state index contributed by atoms with van der Waals surface area (Å²) in [7, 11) is 0. The van der Waals surface area contributed by atoms with Gasteiger partial charge < -0.3 is 11.1 Å². The minimum Gasteiger partial charge on any atom is -0.339 e. The zero-order valence-electron chi connectivity index (χ0n) is 8.95. The smallest absolute Gasteiger partial charge is 0.149 e. The maximum absolute atomic E-state index is 6.01. The van der Waals surface area contributed by atoms with Crippen LogP contribution in [0.25, 0.3) is 0 Å². The molecule has 0 saturated heterocycles. The Labute approximate surface area is 110 Å². The largest absolute Gasteiger partial charge is 0.339 e. The van der Waals surface area contributed by atoms with Gasteiger partial charge in [0.2, 0.25) is 0 Å². The molecular formula is C12H11Cl2N3. The van der Waals surface area contributed by atoms with Gasteiger partial charge >= 0.3 is 0 Å². The summed E-state index contributed by atoms with van der Waals surface area (Å²) in [4.78, 5) is 4.12.